The van der Waals surface area contributed by atoms with Crippen molar-refractivity contribution < 1.29 is 28.5 Å². The summed E-state index contributed by atoms with van der Waals surface area (Å²) < 4.78 is 24.2. The van der Waals surface area contributed by atoms with Gasteiger partial charge in [-0.1, -0.05) is 0 Å². The number of nitrogens with one attached hydrogen (secondary N) is 2. The van der Waals surface area contributed by atoms with E-state index in [9.17, 15) is 14.4 Å². The maximum Gasteiger partial charge on any atom is 0.412 e. The van der Waals surface area contributed by atoms with E-state index >= 15 is 0 Å². The molecule has 1 heterocycles. The molecule has 0 radical (unpaired) electrons. The standard InChI is InChI=1S/C28H45N3O7/c1-26(2,3)37-24(33)29-20-9-10-22(20)36-17-18-15-21(30-25(34)38-27(4,5)6)23(32)31(16-18)19-11-13-28(7,35-8)14-12-19/h15-16,19-20,22H,9-14,17H2,1-8H3,(H,29,33)(H,30,34)/t19?,20-,22-,28?/m1/s1. The number of amides is 2. The van der Waals surface area contributed by atoms with Gasteiger partial charge >= 0.3 is 12.2 Å². The van der Waals surface area contributed by atoms with E-state index in [0.717, 1.165) is 44.1 Å². The van der Waals surface area contributed by atoms with Gasteiger partial charge in [0.15, 0.2) is 0 Å². The van der Waals surface area contributed by atoms with Gasteiger partial charge in [0.1, 0.15) is 16.9 Å². The largest absolute Gasteiger partial charge is 0.444 e. The third kappa shape index (κ3) is 8.46. The van der Waals surface area contributed by atoms with Gasteiger partial charge in [0.2, 0.25) is 0 Å². The first-order valence-corrected chi connectivity index (χ1v) is 13.5. The summed E-state index contributed by atoms with van der Waals surface area (Å²) in [4.78, 5) is 38.1. The third-order valence-electron chi connectivity index (χ3n) is 7.01. The van der Waals surface area contributed by atoms with Gasteiger partial charge in [-0.15, -0.1) is 0 Å². The fraction of sp³-hybridized carbons (Fsp3) is 0.750. The second kappa shape index (κ2) is 11.7. The van der Waals surface area contributed by atoms with Crippen LogP contribution in [0.5, 0.6) is 0 Å². The number of carbonyl (C=O) groups excluding carboxylic acids is 2. The molecule has 10 nitrogen and oxygen atoms in total. The van der Waals surface area contributed by atoms with Gasteiger partial charge in [-0.25, -0.2) is 9.59 Å². The van der Waals surface area contributed by atoms with Crippen LogP contribution in [0.1, 0.15) is 98.6 Å². The number of hydrogen-bond donors (Lipinski definition) is 2. The van der Waals surface area contributed by atoms with Gasteiger partial charge < -0.3 is 28.8 Å². The molecule has 3 rings (SSSR count). The molecule has 214 valence electrons. The van der Waals surface area contributed by atoms with E-state index in [-0.39, 0.29) is 41.6 Å². The van der Waals surface area contributed by atoms with Crippen molar-refractivity contribution >= 4 is 17.9 Å². The first kappa shape index (κ1) is 30.0. The molecule has 2 atom stereocenters. The van der Waals surface area contributed by atoms with E-state index < -0.39 is 23.4 Å². The lowest BCUT2D eigenvalue weighted by Gasteiger charge is -2.38. The quantitative estimate of drug-likeness (QED) is 0.487. The SMILES string of the molecule is COC1(C)CCC(n2cc(CO[C@@H]3CC[C@H]3NC(=O)OC(C)(C)C)cc(NC(=O)OC(C)(C)C)c2=O)CC1. The molecule has 2 amide bonds. The number of hydrogen-bond acceptors (Lipinski definition) is 7. The van der Waals surface area contributed by atoms with E-state index in [1.807, 2.05) is 27.0 Å². The zero-order valence-corrected chi connectivity index (χ0v) is 24.1. The summed E-state index contributed by atoms with van der Waals surface area (Å²) in [5.41, 5.74) is -0.846. The number of ether oxygens (including phenoxy) is 4. The van der Waals surface area contributed by atoms with E-state index in [0.29, 0.717) is 0 Å². The predicted molar refractivity (Wildman–Crippen MR) is 144 cm³/mol. The lowest BCUT2D eigenvalue weighted by Crippen LogP contribution is -2.52. The van der Waals surface area contributed by atoms with Crippen molar-refractivity contribution in [2.45, 2.75) is 129 Å². The average Bonchev–Trinajstić information content (AvgIpc) is 2.77. The van der Waals surface area contributed by atoms with Gasteiger partial charge in [-0.2, -0.15) is 0 Å². The Morgan fingerprint density at radius 3 is 2.13 bits per heavy atom. The van der Waals surface area contributed by atoms with Gasteiger partial charge in [-0.3, -0.25) is 10.1 Å². The van der Waals surface area contributed by atoms with Crippen molar-refractivity contribution in [3.05, 3.63) is 28.2 Å². The molecular weight excluding hydrogens is 490 g/mol. The minimum Gasteiger partial charge on any atom is -0.444 e. The molecule has 0 saturated heterocycles. The van der Waals surface area contributed by atoms with Crippen molar-refractivity contribution in [1.29, 1.82) is 0 Å². The lowest BCUT2D eigenvalue weighted by molar-refractivity contribution is -0.0396. The van der Waals surface area contributed by atoms with Crippen molar-refractivity contribution in [3.8, 4) is 0 Å². The number of rotatable bonds is 7. The Morgan fingerprint density at radius 2 is 1.61 bits per heavy atom. The lowest BCUT2D eigenvalue weighted by atomic mass is 9.83. The number of anilines is 1. The minimum atomic E-state index is -0.696. The zero-order valence-electron chi connectivity index (χ0n) is 24.1. The Hall–Kier alpha value is -2.59. The van der Waals surface area contributed by atoms with Crippen LogP contribution in [0.15, 0.2) is 17.1 Å². The summed E-state index contributed by atoms with van der Waals surface area (Å²) in [5.74, 6) is 0. The number of alkyl carbamates (subject to hydrolysis) is 1. The summed E-state index contributed by atoms with van der Waals surface area (Å²) >= 11 is 0. The minimum absolute atomic E-state index is 0.0184. The van der Waals surface area contributed by atoms with E-state index in [4.69, 9.17) is 18.9 Å². The molecule has 2 N–H and O–H groups in total. The molecule has 1 aromatic rings. The smallest absolute Gasteiger partial charge is 0.412 e. The Kier molecular flexibility index (Phi) is 9.19. The normalized spacial score (nSPS) is 25.7. The van der Waals surface area contributed by atoms with Crippen LogP contribution in [-0.2, 0) is 25.6 Å². The van der Waals surface area contributed by atoms with Crippen LogP contribution in [0.25, 0.3) is 0 Å². The Bertz CT molecular complexity index is 1050. The maximum atomic E-state index is 13.4. The zero-order chi connectivity index (χ0) is 28.3. The monoisotopic (exact) mass is 535 g/mol. The fourth-order valence-corrected chi connectivity index (χ4v) is 4.71. The van der Waals surface area contributed by atoms with E-state index in [1.54, 1.807) is 38.5 Å². The first-order chi connectivity index (χ1) is 17.6. The molecule has 0 bridgehead atoms. The van der Waals surface area contributed by atoms with Crippen LogP contribution in [0.2, 0.25) is 0 Å². The number of methoxy groups -OCH3 is 1. The topological polar surface area (TPSA) is 117 Å². The van der Waals surface area contributed by atoms with Gasteiger partial charge in [0, 0.05) is 19.3 Å². The highest BCUT2D eigenvalue weighted by Crippen LogP contribution is 2.36. The summed E-state index contributed by atoms with van der Waals surface area (Å²) in [6.07, 6.45) is 5.34. The molecule has 2 aliphatic carbocycles. The number of pyridine rings is 1. The summed E-state index contributed by atoms with van der Waals surface area (Å²) in [6, 6.07) is 1.48. The molecule has 2 saturated carbocycles. The molecule has 2 fully saturated rings. The van der Waals surface area contributed by atoms with E-state index in [2.05, 4.69) is 17.6 Å². The van der Waals surface area contributed by atoms with Crippen LogP contribution in [0, 0.1) is 0 Å². The van der Waals surface area contributed by atoms with Gasteiger partial charge in [0.25, 0.3) is 5.56 Å². The van der Waals surface area contributed by atoms with Crippen molar-refractivity contribution in [2.24, 2.45) is 0 Å². The first-order valence-electron chi connectivity index (χ1n) is 13.5. The molecular formula is C28H45N3O7. The van der Waals surface area contributed by atoms with Crippen molar-refractivity contribution in [1.82, 2.24) is 9.88 Å². The molecule has 2 aliphatic rings. The number of nitrogens with zero attached hydrogens (tertiary/aromatic N) is 1. The highest BCUT2D eigenvalue weighted by molar-refractivity contribution is 5.84. The second-order valence-corrected chi connectivity index (χ2v) is 12.7. The maximum absolute atomic E-state index is 13.4. The molecule has 38 heavy (non-hydrogen) atoms. The summed E-state index contributed by atoms with van der Waals surface area (Å²) in [7, 11) is 1.72. The van der Waals surface area contributed by atoms with Crippen LogP contribution < -0.4 is 16.2 Å². The summed E-state index contributed by atoms with van der Waals surface area (Å²) in [5, 5.41) is 5.52. The number of aromatic nitrogens is 1. The molecule has 0 unspecified atom stereocenters. The van der Waals surface area contributed by atoms with Gasteiger partial charge in [0.05, 0.1) is 24.4 Å². The van der Waals surface area contributed by atoms with E-state index in [1.165, 1.54) is 0 Å². The van der Waals surface area contributed by atoms with Gasteiger partial charge in [-0.05, 0) is 98.6 Å². The second-order valence-electron chi connectivity index (χ2n) is 12.7. The fourth-order valence-electron chi connectivity index (χ4n) is 4.71. The van der Waals surface area contributed by atoms with Crippen LogP contribution in [0.3, 0.4) is 0 Å². The highest BCUT2D eigenvalue weighted by Gasteiger charge is 2.35. The Labute approximate surface area is 225 Å². The van der Waals surface area contributed by atoms with Crippen LogP contribution in [0.4, 0.5) is 15.3 Å². The molecule has 10 heteroatoms. The predicted octanol–water partition coefficient (Wildman–Crippen LogP) is 5.29. The van der Waals surface area contributed by atoms with Crippen molar-refractivity contribution in [3.63, 3.8) is 0 Å². The molecule has 0 aliphatic heterocycles. The Balaban J connectivity index is 1.75. The summed E-state index contributed by atoms with van der Waals surface area (Å²) in [6.45, 7) is 13.1. The third-order valence-corrected chi connectivity index (χ3v) is 7.01. The number of carbonyl (C=O) groups is 2. The molecule has 0 spiro atoms. The Morgan fingerprint density at radius 1 is 1.00 bits per heavy atom. The van der Waals surface area contributed by atoms with Crippen LogP contribution >= 0.6 is 0 Å². The average molecular weight is 536 g/mol. The highest BCUT2D eigenvalue weighted by atomic mass is 16.6. The molecule has 0 aromatic carbocycles. The van der Waals surface area contributed by atoms with Crippen molar-refractivity contribution in [2.75, 3.05) is 12.4 Å². The van der Waals surface area contributed by atoms with Crippen LogP contribution in [-0.4, -0.2) is 52.8 Å². The molecule has 1 aromatic heterocycles.